The van der Waals surface area contributed by atoms with E-state index in [0.29, 0.717) is 0 Å². The van der Waals surface area contributed by atoms with Crippen LogP contribution in [0.3, 0.4) is 0 Å². The normalized spacial score (nSPS) is 8.95. The molecule has 0 aromatic heterocycles. The van der Waals surface area contributed by atoms with E-state index < -0.39 is 0 Å². The molecule has 0 saturated carbocycles. The Kier molecular flexibility index (Phi) is 9.91. The molecular formula is C18H28Ti. The van der Waals surface area contributed by atoms with Gasteiger partial charge in [0.25, 0.3) is 0 Å². The minimum absolute atomic E-state index is 0. The van der Waals surface area contributed by atoms with Crippen LogP contribution in [0.5, 0.6) is 0 Å². The van der Waals surface area contributed by atoms with E-state index in [2.05, 4.69) is 47.6 Å². The van der Waals surface area contributed by atoms with E-state index in [9.17, 15) is 0 Å². The number of benzene rings is 1. The van der Waals surface area contributed by atoms with Gasteiger partial charge in [0.1, 0.15) is 0 Å². The molecular weight excluding hydrogens is 264 g/mol. The maximum absolute atomic E-state index is 2.33. The minimum Gasteiger partial charge on any atom is -0.358 e. The maximum atomic E-state index is 2.33. The molecule has 0 N–H and O–H groups in total. The van der Waals surface area contributed by atoms with Crippen LogP contribution >= 0.6 is 0 Å². The third-order valence-electron chi connectivity index (χ3n) is 4.06. The Hall–Kier alpha value is -0.456. The summed E-state index contributed by atoms with van der Waals surface area (Å²) in [7, 11) is 0. The second kappa shape index (κ2) is 7.97. The number of aryl methyl sites for hydroxylation is 4. The molecule has 0 bridgehead atoms. The summed E-state index contributed by atoms with van der Waals surface area (Å²) in [4.78, 5) is 0. The molecule has 0 aliphatic rings. The molecule has 0 aliphatic heterocycles. The molecule has 0 saturated heterocycles. The first-order chi connectivity index (χ1) is 6.95. The van der Waals surface area contributed by atoms with Crippen molar-refractivity contribution >= 4 is 10.8 Å². The predicted molar refractivity (Wildman–Crippen MR) is 87.2 cm³/mol. The minimum atomic E-state index is 0. The van der Waals surface area contributed by atoms with Gasteiger partial charge >= 0.3 is 21.7 Å². The van der Waals surface area contributed by atoms with Crippen LogP contribution in [0.25, 0.3) is 10.8 Å². The van der Waals surface area contributed by atoms with Crippen molar-refractivity contribution in [3.63, 3.8) is 0 Å². The molecule has 0 amide bonds. The topological polar surface area (TPSA) is 0 Å². The van der Waals surface area contributed by atoms with Crippen molar-refractivity contribution in [2.24, 2.45) is 0 Å². The van der Waals surface area contributed by atoms with E-state index in [0.717, 1.165) is 0 Å². The van der Waals surface area contributed by atoms with E-state index in [-0.39, 0.29) is 44.0 Å². The SMILES string of the molecule is Cc1c(C)c(C)c2c(cc(C)[c-]2C)c1C.[CH3-].[CH3-].[CH3-].[Ti+4]. The largest absolute Gasteiger partial charge is 4.00 e. The molecule has 2 rings (SSSR count). The second-order valence-corrected chi connectivity index (χ2v) is 4.74. The van der Waals surface area contributed by atoms with E-state index in [1.165, 1.54) is 44.2 Å². The molecule has 19 heavy (non-hydrogen) atoms. The van der Waals surface area contributed by atoms with Gasteiger partial charge in [-0.2, -0.15) is 6.07 Å². The molecule has 104 valence electrons. The predicted octanol–water partition coefficient (Wildman–Crippen LogP) is 5.76. The molecule has 0 atom stereocenters. The summed E-state index contributed by atoms with van der Waals surface area (Å²) in [6, 6.07) is 2.33. The van der Waals surface area contributed by atoms with Crippen LogP contribution in [0, 0.1) is 63.8 Å². The monoisotopic (exact) mass is 292 g/mol. The van der Waals surface area contributed by atoms with Crippen LogP contribution in [0.2, 0.25) is 0 Å². The Labute approximate surface area is 135 Å². The summed E-state index contributed by atoms with van der Waals surface area (Å²) >= 11 is 0. The Morgan fingerprint density at radius 2 is 1.16 bits per heavy atom. The van der Waals surface area contributed by atoms with Crippen molar-refractivity contribution in [2.45, 2.75) is 41.5 Å². The Balaban J connectivity index is -0.000000640. The molecule has 0 radical (unpaired) electrons. The van der Waals surface area contributed by atoms with Gasteiger partial charge in [0.05, 0.1) is 0 Å². The second-order valence-electron chi connectivity index (χ2n) is 4.74. The molecule has 0 unspecified atom stereocenters. The first-order valence-electron chi connectivity index (χ1n) is 5.58. The van der Waals surface area contributed by atoms with Crippen molar-refractivity contribution in [3.8, 4) is 0 Å². The van der Waals surface area contributed by atoms with E-state index >= 15 is 0 Å². The van der Waals surface area contributed by atoms with Gasteiger partial charge in [-0.25, -0.2) is 0 Å². The molecule has 0 spiro atoms. The Morgan fingerprint density at radius 1 is 0.737 bits per heavy atom. The molecule has 2 aromatic carbocycles. The van der Waals surface area contributed by atoms with Crippen molar-refractivity contribution in [1.29, 1.82) is 0 Å². The average molecular weight is 292 g/mol. The summed E-state index contributed by atoms with van der Waals surface area (Å²) in [6.07, 6.45) is 0. The van der Waals surface area contributed by atoms with Crippen LogP contribution in [-0.2, 0) is 21.7 Å². The number of hydrogen-bond acceptors (Lipinski definition) is 0. The van der Waals surface area contributed by atoms with E-state index in [1.807, 2.05) is 0 Å². The third-order valence-corrected chi connectivity index (χ3v) is 4.06. The fraction of sp³-hybridized carbons (Fsp3) is 0.333. The van der Waals surface area contributed by atoms with Gasteiger partial charge in [-0.3, -0.25) is 0 Å². The fourth-order valence-corrected chi connectivity index (χ4v) is 2.53. The zero-order chi connectivity index (χ0) is 11.3. The van der Waals surface area contributed by atoms with Gasteiger partial charge in [0.2, 0.25) is 0 Å². The number of rotatable bonds is 0. The maximum Gasteiger partial charge on any atom is 4.00 e. The first-order valence-corrected chi connectivity index (χ1v) is 5.58. The number of fused-ring (bicyclic) bond motifs is 1. The summed E-state index contributed by atoms with van der Waals surface area (Å²) < 4.78 is 0. The molecule has 1 heteroatoms. The summed E-state index contributed by atoms with van der Waals surface area (Å²) in [5.41, 5.74) is 8.68. The Morgan fingerprint density at radius 3 is 1.63 bits per heavy atom. The third kappa shape index (κ3) is 3.36. The summed E-state index contributed by atoms with van der Waals surface area (Å²) in [6.45, 7) is 13.4. The molecule has 0 heterocycles. The molecule has 2 aromatic rings. The van der Waals surface area contributed by atoms with Crippen LogP contribution in [0.15, 0.2) is 6.07 Å². The van der Waals surface area contributed by atoms with Crippen LogP contribution in [-0.4, -0.2) is 0 Å². The van der Waals surface area contributed by atoms with Gasteiger partial charge < -0.3 is 22.3 Å². The van der Waals surface area contributed by atoms with Gasteiger partial charge in [-0.1, -0.05) is 37.5 Å². The van der Waals surface area contributed by atoms with Gasteiger partial charge in [0.15, 0.2) is 0 Å². The van der Waals surface area contributed by atoms with Crippen LogP contribution < -0.4 is 0 Å². The molecule has 0 aliphatic carbocycles. The van der Waals surface area contributed by atoms with E-state index in [1.54, 1.807) is 0 Å². The molecule has 0 nitrogen and oxygen atoms in total. The Bertz CT molecular complexity index is 545. The van der Waals surface area contributed by atoms with E-state index in [4.69, 9.17) is 0 Å². The smallest absolute Gasteiger partial charge is 0.358 e. The summed E-state index contributed by atoms with van der Waals surface area (Å²) in [5, 5.41) is 2.93. The fourth-order valence-electron chi connectivity index (χ4n) is 2.53. The van der Waals surface area contributed by atoms with Gasteiger partial charge in [-0.05, 0) is 20.8 Å². The average Bonchev–Trinajstić information content (AvgIpc) is 2.50. The number of hydrogen-bond donors (Lipinski definition) is 0. The van der Waals surface area contributed by atoms with Crippen molar-refractivity contribution in [1.82, 2.24) is 0 Å². The quantitative estimate of drug-likeness (QED) is 0.428. The zero-order valence-electron chi connectivity index (χ0n) is 14.1. The van der Waals surface area contributed by atoms with Gasteiger partial charge in [0, 0.05) is 0 Å². The zero-order valence-corrected chi connectivity index (χ0v) is 15.6. The van der Waals surface area contributed by atoms with Crippen molar-refractivity contribution in [3.05, 3.63) is 61.7 Å². The first kappa shape index (κ1) is 23.6. The summed E-state index contributed by atoms with van der Waals surface area (Å²) in [5.74, 6) is 0. The van der Waals surface area contributed by atoms with Gasteiger partial charge in [-0.15, -0.1) is 27.5 Å². The standard InChI is InChI=1S/C15H19.3CH3.Ti/c1-8-7-14-12(5)10(3)11(4)13(6)15(14)9(8)2;;;;/h7H,1-6H3;3*1H3;/q4*-1;+4. The van der Waals surface area contributed by atoms with Crippen LogP contribution in [0.1, 0.15) is 33.4 Å². The van der Waals surface area contributed by atoms with Crippen molar-refractivity contribution in [2.75, 3.05) is 0 Å². The molecule has 0 fully saturated rings. The van der Waals surface area contributed by atoms with Crippen LogP contribution in [0.4, 0.5) is 0 Å². The van der Waals surface area contributed by atoms with Crippen molar-refractivity contribution < 1.29 is 21.7 Å².